The Kier molecular flexibility index (Phi) is 9.98. The number of carbonyl (C=O) groups excluding carboxylic acids is 2. The molecule has 28 heavy (non-hydrogen) atoms. The number of hydrogen-bond acceptors (Lipinski definition) is 3. The van der Waals surface area contributed by atoms with Gasteiger partial charge in [-0.15, -0.1) is 24.0 Å². The van der Waals surface area contributed by atoms with E-state index in [4.69, 9.17) is 0 Å². The smallest absolute Gasteiger partial charge is 0.241 e. The van der Waals surface area contributed by atoms with Gasteiger partial charge in [-0.1, -0.05) is 24.3 Å². The molecule has 0 radical (unpaired) electrons. The fraction of sp³-hybridized carbons (Fsp3) is 0.450. The molecule has 0 aromatic heterocycles. The predicted octanol–water partition coefficient (Wildman–Crippen LogP) is 2.13. The van der Waals surface area contributed by atoms with Gasteiger partial charge in [-0.25, -0.2) is 4.99 Å². The van der Waals surface area contributed by atoms with Crippen LogP contribution in [-0.2, 0) is 16.1 Å². The Morgan fingerprint density at radius 3 is 2.39 bits per heavy atom. The average molecular weight is 499 g/mol. The number of nitrogens with one attached hydrogen (secondary N) is 2. The third-order valence-corrected chi connectivity index (χ3v) is 4.20. The van der Waals surface area contributed by atoms with Crippen LogP contribution in [0.25, 0.3) is 0 Å². The Morgan fingerprint density at radius 1 is 1.21 bits per heavy atom. The summed E-state index contributed by atoms with van der Waals surface area (Å²) in [5, 5.41) is 6.20. The third-order valence-electron chi connectivity index (χ3n) is 4.20. The maximum absolute atomic E-state index is 11.8. The van der Waals surface area contributed by atoms with Gasteiger partial charge in [0.1, 0.15) is 0 Å². The average Bonchev–Trinajstić information content (AvgIpc) is 3.07. The van der Waals surface area contributed by atoms with Crippen LogP contribution in [0.2, 0.25) is 0 Å². The molecule has 154 valence electrons. The molecule has 1 aromatic rings. The van der Waals surface area contributed by atoms with Crippen molar-refractivity contribution in [3.8, 4) is 0 Å². The second-order valence-electron chi connectivity index (χ2n) is 6.93. The molecule has 0 aliphatic carbocycles. The summed E-state index contributed by atoms with van der Waals surface area (Å²) in [6.07, 6.45) is 1.54. The third kappa shape index (κ3) is 7.49. The summed E-state index contributed by atoms with van der Waals surface area (Å²) in [6.45, 7) is 7.80. The lowest BCUT2D eigenvalue weighted by Gasteiger charge is -2.16. The normalized spacial score (nSPS) is 13.8. The molecule has 0 unspecified atom stereocenters. The van der Waals surface area contributed by atoms with Gasteiger partial charge in [-0.05, 0) is 31.0 Å². The molecule has 1 heterocycles. The van der Waals surface area contributed by atoms with Gasteiger partial charge < -0.3 is 20.4 Å². The van der Waals surface area contributed by atoms with Crippen molar-refractivity contribution >= 4 is 47.4 Å². The Bertz CT molecular complexity index is 716. The predicted molar refractivity (Wildman–Crippen MR) is 124 cm³/mol. The minimum atomic E-state index is -0.0283. The summed E-state index contributed by atoms with van der Waals surface area (Å²) in [4.78, 5) is 31.5. The van der Waals surface area contributed by atoms with Crippen molar-refractivity contribution < 1.29 is 9.59 Å². The number of hydrogen-bond donors (Lipinski definition) is 2. The van der Waals surface area contributed by atoms with Gasteiger partial charge in [0.05, 0.1) is 13.1 Å². The summed E-state index contributed by atoms with van der Waals surface area (Å²) in [6, 6.07) is 7.87. The molecule has 2 amide bonds. The number of guanidine groups is 1. The van der Waals surface area contributed by atoms with Crippen molar-refractivity contribution in [2.24, 2.45) is 4.99 Å². The number of anilines is 1. The number of carbonyl (C=O) groups is 2. The molecule has 1 aliphatic rings. The minimum absolute atomic E-state index is 0. The Morgan fingerprint density at radius 2 is 1.86 bits per heavy atom. The highest BCUT2D eigenvalue weighted by Gasteiger charge is 2.21. The van der Waals surface area contributed by atoms with Crippen molar-refractivity contribution in [2.75, 3.05) is 38.6 Å². The van der Waals surface area contributed by atoms with Crippen molar-refractivity contribution in [1.82, 2.24) is 15.5 Å². The quantitative estimate of drug-likeness (QED) is 0.261. The zero-order valence-corrected chi connectivity index (χ0v) is 19.2. The Labute approximate surface area is 184 Å². The Balaban J connectivity index is 0.00000392. The van der Waals surface area contributed by atoms with Crippen molar-refractivity contribution in [1.29, 1.82) is 0 Å². The van der Waals surface area contributed by atoms with Crippen LogP contribution in [0, 0.1) is 0 Å². The lowest BCUT2D eigenvalue weighted by Crippen LogP contribution is -2.43. The van der Waals surface area contributed by atoms with Crippen molar-refractivity contribution in [2.45, 2.75) is 26.3 Å². The van der Waals surface area contributed by atoms with Crippen LogP contribution in [0.4, 0.5) is 5.69 Å². The molecule has 1 fully saturated rings. The van der Waals surface area contributed by atoms with Crippen molar-refractivity contribution in [3.63, 3.8) is 0 Å². The van der Waals surface area contributed by atoms with E-state index >= 15 is 0 Å². The number of nitrogens with zero attached hydrogens (tertiary/aromatic N) is 3. The van der Waals surface area contributed by atoms with E-state index in [0.717, 1.165) is 29.8 Å². The molecule has 0 bridgehead atoms. The highest BCUT2D eigenvalue weighted by Crippen LogP contribution is 2.21. The van der Waals surface area contributed by atoms with E-state index in [1.165, 1.54) is 4.90 Å². The fourth-order valence-electron chi connectivity index (χ4n) is 2.60. The molecule has 1 saturated heterocycles. The van der Waals surface area contributed by atoms with Crippen molar-refractivity contribution in [3.05, 3.63) is 42.0 Å². The standard InChI is InChI=1S/C20H29N5O2.HI/c1-15(2)12-21-20(23-14-19(27)24(3)4)22-13-16-7-9-17(10-8-16)25-11-5-6-18(25)26;/h7-10H,1,5-6,11-14H2,2-4H3,(H2,21,22,23);1H. The first-order valence-electron chi connectivity index (χ1n) is 9.13. The molecular weight excluding hydrogens is 469 g/mol. The van der Waals surface area contributed by atoms with Crippen LogP contribution in [0.3, 0.4) is 0 Å². The van der Waals surface area contributed by atoms with E-state index in [1.807, 2.05) is 36.1 Å². The fourth-order valence-corrected chi connectivity index (χ4v) is 2.60. The van der Waals surface area contributed by atoms with Crippen LogP contribution >= 0.6 is 24.0 Å². The zero-order chi connectivity index (χ0) is 19.8. The van der Waals surface area contributed by atoms with Gasteiger partial charge in [0.15, 0.2) is 5.96 Å². The largest absolute Gasteiger partial charge is 0.353 e. The molecule has 0 atom stereocenters. The SMILES string of the molecule is C=C(C)CNC(=NCc1ccc(N2CCCC2=O)cc1)NCC(=O)N(C)C.I. The van der Waals surface area contributed by atoms with Gasteiger partial charge in [-0.3, -0.25) is 9.59 Å². The van der Waals surface area contributed by atoms with Gasteiger partial charge in [-0.2, -0.15) is 0 Å². The van der Waals surface area contributed by atoms with E-state index in [9.17, 15) is 9.59 Å². The molecule has 2 rings (SSSR count). The first-order valence-corrected chi connectivity index (χ1v) is 9.13. The number of aliphatic imine (C=N–C) groups is 1. The van der Waals surface area contributed by atoms with Crippen LogP contribution < -0.4 is 15.5 Å². The molecule has 7 nitrogen and oxygen atoms in total. The van der Waals surface area contributed by atoms with Gasteiger partial charge in [0.2, 0.25) is 11.8 Å². The van der Waals surface area contributed by atoms with E-state index in [2.05, 4.69) is 22.2 Å². The first-order chi connectivity index (χ1) is 12.9. The van der Waals surface area contributed by atoms with E-state index in [1.54, 1.807) is 14.1 Å². The molecule has 2 N–H and O–H groups in total. The molecule has 0 saturated carbocycles. The molecular formula is C20H30IN5O2. The van der Waals surface area contributed by atoms with Gasteiger partial charge in [0.25, 0.3) is 0 Å². The maximum Gasteiger partial charge on any atom is 0.241 e. The number of rotatable bonds is 7. The highest BCUT2D eigenvalue weighted by molar-refractivity contribution is 14.0. The van der Waals surface area contributed by atoms with Crippen LogP contribution in [0.5, 0.6) is 0 Å². The van der Waals surface area contributed by atoms with Crippen LogP contribution in [0.15, 0.2) is 41.4 Å². The van der Waals surface area contributed by atoms with E-state index in [0.29, 0.717) is 25.5 Å². The topological polar surface area (TPSA) is 77.0 Å². The number of benzene rings is 1. The molecule has 1 aromatic carbocycles. The molecule has 1 aliphatic heterocycles. The maximum atomic E-state index is 11.8. The van der Waals surface area contributed by atoms with Crippen LogP contribution in [-0.4, -0.2) is 56.4 Å². The second kappa shape index (κ2) is 11.7. The summed E-state index contributed by atoms with van der Waals surface area (Å²) < 4.78 is 0. The van der Waals surface area contributed by atoms with Crippen LogP contribution in [0.1, 0.15) is 25.3 Å². The number of likely N-dealkylation sites (N-methyl/N-ethyl adjacent to an activating group) is 1. The summed E-state index contributed by atoms with van der Waals surface area (Å²) in [7, 11) is 3.43. The minimum Gasteiger partial charge on any atom is -0.353 e. The zero-order valence-electron chi connectivity index (χ0n) is 16.8. The number of halogens is 1. The summed E-state index contributed by atoms with van der Waals surface area (Å²) in [5.41, 5.74) is 2.93. The molecule has 0 spiro atoms. The van der Waals surface area contributed by atoms with Gasteiger partial charge in [0, 0.05) is 39.3 Å². The van der Waals surface area contributed by atoms with Gasteiger partial charge >= 0.3 is 0 Å². The Hall–Kier alpha value is -2.10. The van der Waals surface area contributed by atoms with E-state index < -0.39 is 0 Å². The van der Waals surface area contributed by atoms with E-state index in [-0.39, 0.29) is 42.3 Å². The highest BCUT2D eigenvalue weighted by atomic mass is 127. The monoisotopic (exact) mass is 499 g/mol. The lowest BCUT2D eigenvalue weighted by atomic mass is 10.2. The summed E-state index contributed by atoms with van der Waals surface area (Å²) >= 11 is 0. The lowest BCUT2D eigenvalue weighted by molar-refractivity contribution is -0.127. The number of amides is 2. The summed E-state index contributed by atoms with van der Waals surface area (Å²) in [5.74, 6) is 0.716. The second-order valence-corrected chi connectivity index (χ2v) is 6.93. The first kappa shape index (κ1) is 23.9. The molecule has 8 heteroatoms.